The van der Waals surface area contributed by atoms with Crippen molar-refractivity contribution < 1.29 is 14.3 Å². The van der Waals surface area contributed by atoms with Crippen molar-refractivity contribution in [2.45, 2.75) is 0 Å². The lowest BCUT2D eigenvalue weighted by atomic mass is 10.7. The Bertz CT molecular complexity index is 109. The first kappa shape index (κ1) is 8.29. The van der Waals surface area contributed by atoms with Crippen LogP contribution in [0.25, 0.3) is 0 Å². The SMILES string of the molecule is C1COCN1.O=C1NCCO1. The van der Waals surface area contributed by atoms with Crippen molar-refractivity contribution in [2.75, 3.05) is 33.0 Å². The zero-order chi connectivity index (χ0) is 7.94. The van der Waals surface area contributed by atoms with E-state index in [1.54, 1.807) is 0 Å². The van der Waals surface area contributed by atoms with Gasteiger partial charge < -0.3 is 14.8 Å². The second-order valence-electron chi connectivity index (χ2n) is 2.12. The van der Waals surface area contributed by atoms with Crippen LogP contribution in [0.1, 0.15) is 0 Å². The Balaban J connectivity index is 0.000000112. The van der Waals surface area contributed by atoms with Crippen molar-refractivity contribution in [1.82, 2.24) is 10.6 Å². The summed E-state index contributed by atoms with van der Waals surface area (Å²) in [5.41, 5.74) is 0. The van der Waals surface area contributed by atoms with Gasteiger partial charge in [0.2, 0.25) is 0 Å². The number of hydrogen-bond donors (Lipinski definition) is 2. The maximum absolute atomic E-state index is 9.91. The number of amides is 1. The average Bonchev–Trinajstić information content (AvgIpc) is 2.57. The highest BCUT2D eigenvalue weighted by Crippen LogP contribution is 1.82. The Hall–Kier alpha value is -0.810. The van der Waals surface area contributed by atoms with E-state index in [4.69, 9.17) is 4.74 Å². The number of cyclic esters (lactones) is 1. The van der Waals surface area contributed by atoms with Crippen molar-refractivity contribution >= 4 is 6.09 Å². The maximum atomic E-state index is 9.91. The molecule has 0 aliphatic carbocycles. The number of carbonyl (C=O) groups excluding carboxylic acids is 1. The predicted molar refractivity (Wildman–Crippen MR) is 38.2 cm³/mol. The smallest absolute Gasteiger partial charge is 0.407 e. The summed E-state index contributed by atoms with van der Waals surface area (Å²) in [6.07, 6.45) is -0.296. The van der Waals surface area contributed by atoms with Gasteiger partial charge in [-0.05, 0) is 0 Å². The van der Waals surface area contributed by atoms with Crippen molar-refractivity contribution in [2.24, 2.45) is 0 Å². The van der Waals surface area contributed by atoms with Gasteiger partial charge in [0, 0.05) is 6.54 Å². The molecule has 0 aromatic carbocycles. The quantitative estimate of drug-likeness (QED) is 0.491. The third-order valence-electron chi connectivity index (χ3n) is 1.23. The Morgan fingerprint density at radius 3 is 2.36 bits per heavy atom. The standard InChI is InChI=1S/C3H5NO2.C3H7NO/c5-3-4-1-2-6-3;1-2-5-3-4-1/h1-2H2,(H,4,5);4H,1-3H2. The first-order valence-corrected chi connectivity index (χ1v) is 3.58. The van der Waals surface area contributed by atoms with Crippen LogP contribution in [0.5, 0.6) is 0 Å². The number of nitrogens with one attached hydrogen (secondary N) is 2. The Kier molecular flexibility index (Phi) is 3.71. The molecule has 0 spiro atoms. The van der Waals surface area contributed by atoms with E-state index in [9.17, 15) is 4.79 Å². The number of hydrogen-bond acceptors (Lipinski definition) is 4. The first-order chi connectivity index (χ1) is 5.39. The zero-order valence-electron chi connectivity index (χ0n) is 6.26. The van der Waals surface area contributed by atoms with Gasteiger partial charge in [-0.15, -0.1) is 0 Å². The fourth-order valence-electron chi connectivity index (χ4n) is 0.709. The lowest BCUT2D eigenvalue weighted by Crippen LogP contribution is -2.11. The third-order valence-corrected chi connectivity index (χ3v) is 1.23. The van der Waals surface area contributed by atoms with Crippen LogP contribution in [0.2, 0.25) is 0 Å². The maximum Gasteiger partial charge on any atom is 0.407 e. The summed E-state index contributed by atoms with van der Waals surface area (Å²) in [5.74, 6) is 0. The van der Waals surface area contributed by atoms with Crippen molar-refractivity contribution in [3.05, 3.63) is 0 Å². The minimum Gasteiger partial charge on any atom is -0.448 e. The van der Waals surface area contributed by atoms with Gasteiger partial charge in [0.1, 0.15) is 6.61 Å². The highest BCUT2D eigenvalue weighted by atomic mass is 16.6. The molecule has 0 aromatic rings. The van der Waals surface area contributed by atoms with Gasteiger partial charge >= 0.3 is 6.09 Å². The fourth-order valence-corrected chi connectivity index (χ4v) is 0.709. The summed E-state index contributed by atoms with van der Waals surface area (Å²) in [5, 5.41) is 5.46. The molecule has 2 saturated heterocycles. The van der Waals surface area contributed by atoms with Gasteiger partial charge in [-0.3, -0.25) is 5.32 Å². The summed E-state index contributed by atoms with van der Waals surface area (Å²) in [7, 11) is 0. The molecule has 0 radical (unpaired) electrons. The predicted octanol–water partition coefficient (Wildman–Crippen LogP) is -0.710. The minimum absolute atomic E-state index is 0.296. The second-order valence-corrected chi connectivity index (χ2v) is 2.12. The number of alkyl carbamates (subject to hydrolysis) is 1. The molecular formula is C6H12N2O3. The minimum atomic E-state index is -0.296. The lowest BCUT2D eigenvalue weighted by molar-refractivity contribution is 0.178. The summed E-state index contributed by atoms with van der Waals surface area (Å²) < 4.78 is 9.24. The molecule has 0 saturated carbocycles. The topological polar surface area (TPSA) is 59.6 Å². The van der Waals surface area contributed by atoms with Crippen LogP contribution in [-0.2, 0) is 9.47 Å². The first-order valence-electron chi connectivity index (χ1n) is 3.58. The highest BCUT2D eigenvalue weighted by Gasteiger charge is 2.06. The van der Waals surface area contributed by atoms with E-state index in [0.717, 1.165) is 19.9 Å². The Morgan fingerprint density at radius 2 is 2.18 bits per heavy atom. The molecule has 0 unspecified atom stereocenters. The van der Waals surface area contributed by atoms with Crippen molar-refractivity contribution in [3.63, 3.8) is 0 Å². The molecule has 2 aliphatic rings. The molecule has 2 heterocycles. The number of rotatable bonds is 0. The van der Waals surface area contributed by atoms with E-state index in [2.05, 4.69) is 15.4 Å². The van der Waals surface area contributed by atoms with Gasteiger partial charge in [-0.2, -0.15) is 0 Å². The van der Waals surface area contributed by atoms with Gasteiger partial charge in [0.25, 0.3) is 0 Å². The highest BCUT2D eigenvalue weighted by molar-refractivity contribution is 5.68. The van der Waals surface area contributed by atoms with E-state index in [0.29, 0.717) is 13.2 Å². The molecule has 2 aliphatic heterocycles. The molecule has 0 atom stereocenters. The molecular weight excluding hydrogens is 148 g/mol. The number of carbonyl (C=O) groups is 1. The molecule has 0 aromatic heterocycles. The Morgan fingerprint density at radius 1 is 1.27 bits per heavy atom. The van der Waals surface area contributed by atoms with E-state index in [-0.39, 0.29) is 6.09 Å². The molecule has 2 N–H and O–H groups in total. The van der Waals surface area contributed by atoms with Crippen LogP contribution in [0.15, 0.2) is 0 Å². The molecule has 64 valence electrons. The zero-order valence-corrected chi connectivity index (χ0v) is 6.26. The molecule has 5 heteroatoms. The summed E-state index contributed by atoms with van der Waals surface area (Å²) in [6, 6.07) is 0. The molecule has 2 fully saturated rings. The van der Waals surface area contributed by atoms with Crippen LogP contribution in [0.4, 0.5) is 4.79 Å². The number of ether oxygens (including phenoxy) is 2. The summed E-state index contributed by atoms with van der Waals surface area (Å²) in [4.78, 5) is 9.91. The fraction of sp³-hybridized carbons (Fsp3) is 0.833. The average molecular weight is 160 g/mol. The van der Waals surface area contributed by atoms with Crippen LogP contribution >= 0.6 is 0 Å². The van der Waals surface area contributed by atoms with E-state index < -0.39 is 0 Å². The van der Waals surface area contributed by atoms with E-state index >= 15 is 0 Å². The van der Waals surface area contributed by atoms with Crippen LogP contribution in [0, 0.1) is 0 Å². The van der Waals surface area contributed by atoms with Gasteiger partial charge in [-0.1, -0.05) is 0 Å². The summed E-state index contributed by atoms with van der Waals surface area (Å²) in [6.45, 7) is 3.86. The molecule has 11 heavy (non-hydrogen) atoms. The van der Waals surface area contributed by atoms with Gasteiger partial charge in [-0.25, -0.2) is 4.79 Å². The largest absolute Gasteiger partial charge is 0.448 e. The van der Waals surface area contributed by atoms with Gasteiger partial charge in [0.05, 0.1) is 19.9 Å². The second kappa shape index (κ2) is 4.92. The summed E-state index contributed by atoms with van der Waals surface area (Å²) >= 11 is 0. The monoisotopic (exact) mass is 160 g/mol. The van der Waals surface area contributed by atoms with E-state index in [1.165, 1.54) is 0 Å². The van der Waals surface area contributed by atoms with Gasteiger partial charge in [0.15, 0.2) is 0 Å². The van der Waals surface area contributed by atoms with Crippen LogP contribution in [-0.4, -0.2) is 39.1 Å². The third kappa shape index (κ3) is 3.79. The lowest BCUT2D eigenvalue weighted by Gasteiger charge is -1.80. The normalized spacial score (nSPS) is 21.6. The van der Waals surface area contributed by atoms with Crippen LogP contribution in [0.3, 0.4) is 0 Å². The molecule has 2 rings (SSSR count). The molecule has 5 nitrogen and oxygen atoms in total. The molecule has 0 bridgehead atoms. The molecule has 1 amide bonds. The van der Waals surface area contributed by atoms with Crippen LogP contribution < -0.4 is 10.6 Å². The van der Waals surface area contributed by atoms with Crippen molar-refractivity contribution in [1.29, 1.82) is 0 Å². The Labute approximate surface area is 65.0 Å². The van der Waals surface area contributed by atoms with E-state index in [1.807, 2.05) is 0 Å². The van der Waals surface area contributed by atoms with Crippen molar-refractivity contribution in [3.8, 4) is 0 Å².